The lowest BCUT2D eigenvalue weighted by molar-refractivity contribution is 0.174. The summed E-state index contributed by atoms with van der Waals surface area (Å²) >= 11 is 0. The molecule has 0 bridgehead atoms. The Morgan fingerprint density at radius 3 is 3.12 bits per heavy atom. The van der Waals surface area contributed by atoms with Gasteiger partial charge in [-0.2, -0.15) is 5.10 Å². The fourth-order valence-electron chi connectivity index (χ4n) is 1.60. The fraction of sp³-hybridized carbons (Fsp3) is 0.182. The zero-order valence-corrected chi connectivity index (χ0v) is 8.56. The van der Waals surface area contributed by atoms with Crippen LogP contribution in [0.15, 0.2) is 30.6 Å². The Morgan fingerprint density at radius 1 is 1.31 bits per heavy atom. The predicted octanol–water partition coefficient (Wildman–Crippen LogP) is 1.75. The predicted molar refractivity (Wildman–Crippen MR) is 58.5 cm³/mol. The van der Waals surface area contributed by atoms with Gasteiger partial charge in [-0.25, -0.2) is 0 Å². The van der Waals surface area contributed by atoms with Crippen molar-refractivity contribution >= 4 is 5.69 Å². The van der Waals surface area contributed by atoms with Crippen LogP contribution in [0.25, 0.3) is 0 Å². The maximum atomic E-state index is 5.31. The number of anilines is 1. The maximum absolute atomic E-state index is 5.31. The topological polar surface area (TPSA) is 59.2 Å². The molecule has 1 aromatic carbocycles. The number of ether oxygens (including phenoxy) is 2. The summed E-state index contributed by atoms with van der Waals surface area (Å²) in [7, 11) is 0. The van der Waals surface area contributed by atoms with E-state index >= 15 is 0 Å². The summed E-state index contributed by atoms with van der Waals surface area (Å²) in [4.78, 5) is 0. The van der Waals surface area contributed by atoms with Gasteiger partial charge >= 0.3 is 0 Å². The van der Waals surface area contributed by atoms with Crippen molar-refractivity contribution in [2.24, 2.45) is 0 Å². The third-order valence-electron chi connectivity index (χ3n) is 2.43. The first kappa shape index (κ1) is 9.08. The van der Waals surface area contributed by atoms with Crippen molar-refractivity contribution in [3.8, 4) is 11.5 Å². The molecule has 5 heteroatoms. The van der Waals surface area contributed by atoms with Crippen LogP contribution in [0.5, 0.6) is 11.5 Å². The van der Waals surface area contributed by atoms with E-state index in [0.717, 1.165) is 29.3 Å². The van der Waals surface area contributed by atoms with Crippen LogP contribution in [0, 0.1) is 0 Å². The molecule has 0 atom stereocenters. The second-order valence-electron chi connectivity index (χ2n) is 3.53. The molecule has 0 fully saturated rings. The van der Waals surface area contributed by atoms with E-state index in [9.17, 15) is 0 Å². The summed E-state index contributed by atoms with van der Waals surface area (Å²) in [5, 5.41) is 9.85. The van der Waals surface area contributed by atoms with Crippen molar-refractivity contribution in [3.63, 3.8) is 0 Å². The van der Waals surface area contributed by atoms with Crippen LogP contribution >= 0.6 is 0 Å². The molecule has 0 saturated carbocycles. The normalized spacial score (nSPS) is 12.8. The van der Waals surface area contributed by atoms with Crippen LogP contribution in [-0.4, -0.2) is 17.0 Å². The van der Waals surface area contributed by atoms with Gasteiger partial charge in [0, 0.05) is 12.7 Å². The number of aromatic nitrogens is 2. The number of rotatable bonds is 3. The first-order valence-electron chi connectivity index (χ1n) is 5.03. The van der Waals surface area contributed by atoms with Gasteiger partial charge in [0.05, 0.1) is 11.9 Å². The van der Waals surface area contributed by atoms with E-state index in [1.54, 1.807) is 6.20 Å². The average molecular weight is 217 g/mol. The zero-order valence-electron chi connectivity index (χ0n) is 8.56. The van der Waals surface area contributed by atoms with Crippen molar-refractivity contribution in [2.45, 2.75) is 6.54 Å². The van der Waals surface area contributed by atoms with Gasteiger partial charge in [-0.05, 0) is 17.7 Å². The Hall–Kier alpha value is -2.17. The summed E-state index contributed by atoms with van der Waals surface area (Å²) in [5.41, 5.74) is 2.11. The number of hydrogen-bond donors (Lipinski definition) is 2. The molecular formula is C11H11N3O2. The van der Waals surface area contributed by atoms with Crippen molar-refractivity contribution in [1.82, 2.24) is 10.2 Å². The number of nitrogens with one attached hydrogen (secondary N) is 2. The lowest BCUT2D eigenvalue weighted by Gasteiger charge is -2.04. The second kappa shape index (κ2) is 3.77. The first-order chi connectivity index (χ1) is 7.92. The summed E-state index contributed by atoms with van der Waals surface area (Å²) in [5.74, 6) is 1.62. The van der Waals surface area contributed by atoms with Crippen molar-refractivity contribution in [2.75, 3.05) is 12.1 Å². The monoisotopic (exact) mass is 217 g/mol. The van der Waals surface area contributed by atoms with Gasteiger partial charge < -0.3 is 14.8 Å². The number of fused-ring (bicyclic) bond motifs is 1. The summed E-state index contributed by atoms with van der Waals surface area (Å²) in [6, 6.07) is 5.92. The molecule has 0 amide bonds. The highest BCUT2D eigenvalue weighted by Crippen LogP contribution is 2.32. The van der Waals surface area contributed by atoms with Gasteiger partial charge in [-0.1, -0.05) is 6.07 Å². The van der Waals surface area contributed by atoms with Gasteiger partial charge in [0.15, 0.2) is 11.5 Å². The Balaban J connectivity index is 1.71. The summed E-state index contributed by atoms with van der Waals surface area (Å²) in [6.07, 6.45) is 3.56. The zero-order chi connectivity index (χ0) is 10.8. The fourth-order valence-corrected chi connectivity index (χ4v) is 1.60. The average Bonchev–Trinajstić information content (AvgIpc) is 2.97. The minimum atomic E-state index is 0.313. The number of H-pyrrole nitrogens is 1. The molecule has 2 aromatic rings. The largest absolute Gasteiger partial charge is 0.454 e. The van der Waals surface area contributed by atoms with E-state index in [1.165, 1.54) is 0 Å². The molecule has 0 saturated heterocycles. The lowest BCUT2D eigenvalue weighted by Crippen LogP contribution is -1.98. The highest BCUT2D eigenvalue weighted by Gasteiger charge is 2.12. The Bertz CT molecular complexity index is 482. The molecule has 3 rings (SSSR count). The molecule has 0 radical (unpaired) electrons. The first-order valence-corrected chi connectivity index (χ1v) is 5.03. The molecule has 0 spiro atoms. The van der Waals surface area contributed by atoms with E-state index in [0.29, 0.717) is 6.79 Å². The highest BCUT2D eigenvalue weighted by atomic mass is 16.7. The maximum Gasteiger partial charge on any atom is 0.231 e. The standard InChI is InChI=1S/C11H11N3O2/c1-2-10-11(16-7-15-10)3-8(1)4-12-9-5-13-14-6-9/h1-3,5-6,12H,4,7H2,(H,13,14). The molecule has 0 unspecified atom stereocenters. The minimum Gasteiger partial charge on any atom is -0.454 e. The molecule has 16 heavy (non-hydrogen) atoms. The molecule has 82 valence electrons. The van der Waals surface area contributed by atoms with Crippen LogP contribution in [0.4, 0.5) is 5.69 Å². The SMILES string of the molecule is c1cc2c(cc1CNc1cn[nH]c1)OCO2. The number of benzene rings is 1. The summed E-state index contributed by atoms with van der Waals surface area (Å²) in [6.45, 7) is 1.05. The molecule has 2 heterocycles. The smallest absolute Gasteiger partial charge is 0.231 e. The Labute approximate surface area is 92.4 Å². The van der Waals surface area contributed by atoms with E-state index in [4.69, 9.17) is 9.47 Å². The quantitative estimate of drug-likeness (QED) is 0.822. The van der Waals surface area contributed by atoms with Gasteiger partial charge in [0.1, 0.15) is 0 Å². The van der Waals surface area contributed by atoms with Crippen molar-refractivity contribution < 1.29 is 9.47 Å². The van der Waals surface area contributed by atoms with Crippen molar-refractivity contribution in [1.29, 1.82) is 0 Å². The van der Waals surface area contributed by atoms with E-state index in [2.05, 4.69) is 15.5 Å². The van der Waals surface area contributed by atoms with E-state index < -0.39 is 0 Å². The van der Waals surface area contributed by atoms with Gasteiger partial charge in [-0.3, -0.25) is 5.10 Å². The number of aromatic amines is 1. The summed E-state index contributed by atoms with van der Waals surface area (Å²) < 4.78 is 10.6. The van der Waals surface area contributed by atoms with Crippen LogP contribution in [-0.2, 0) is 6.54 Å². The third kappa shape index (κ3) is 1.67. The molecule has 2 N–H and O–H groups in total. The molecule has 1 aliphatic rings. The molecule has 1 aromatic heterocycles. The highest BCUT2D eigenvalue weighted by molar-refractivity contribution is 5.46. The molecular weight excluding hydrogens is 206 g/mol. The van der Waals surface area contributed by atoms with Crippen molar-refractivity contribution in [3.05, 3.63) is 36.2 Å². The van der Waals surface area contributed by atoms with Crippen LogP contribution < -0.4 is 14.8 Å². The Kier molecular flexibility index (Phi) is 2.14. The Morgan fingerprint density at radius 2 is 2.25 bits per heavy atom. The number of nitrogens with zero attached hydrogens (tertiary/aromatic N) is 1. The number of hydrogen-bond acceptors (Lipinski definition) is 4. The van der Waals surface area contributed by atoms with Crippen LogP contribution in [0.3, 0.4) is 0 Å². The van der Waals surface area contributed by atoms with Gasteiger partial charge in [-0.15, -0.1) is 0 Å². The lowest BCUT2D eigenvalue weighted by atomic mass is 10.2. The van der Waals surface area contributed by atoms with Gasteiger partial charge in [0.25, 0.3) is 0 Å². The minimum absolute atomic E-state index is 0.313. The molecule has 1 aliphatic heterocycles. The van der Waals surface area contributed by atoms with E-state index in [-0.39, 0.29) is 0 Å². The van der Waals surface area contributed by atoms with E-state index in [1.807, 2.05) is 24.4 Å². The van der Waals surface area contributed by atoms with Crippen LogP contribution in [0.2, 0.25) is 0 Å². The second-order valence-corrected chi connectivity index (χ2v) is 3.53. The molecule has 0 aliphatic carbocycles. The van der Waals surface area contributed by atoms with Gasteiger partial charge in [0.2, 0.25) is 6.79 Å². The molecule has 5 nitrogen and oxygen atoms in total. The van der Waals surface area contributed by atoms with Crippen LogP contribution in [0.1, 0.15) is 5.56 Å². The third-order valence-corrected chi connectivity index (χ3v) is 2.43.